The van der Waals surface area contributed by atoms with Crippen LogP contribution >= 0.6 is 0 Å². The molecule has 0 spiro atoms. The molecule has 1 aliphatic heterocycles. The van der Waals surface area contributed by atoms with Crippen LogP contribution in [0, 0.1) is 12.8 Å². The fourth-order valence-electron chi connectivity index (χ4n) is 5.38. The van der Waals surface area contributed by atoms with Crippen LogP contribution in [-0.4, -0.2) is 29.7 Å². The van der Waals surface area contributed by atoms with E-state index >= 15 is 0 Å². The zero-order chi connectivity index (χ0) is 25.4. The molecule has 1 saturated heterocycles. The molecule has 0 unspecified atom stereocenters. The highest BCUT2D eigenvalue weighted by Crippen LogP contribution is 2.36. The fourth-order valence-corrected chi connectivity index (χ4v) is 5.38. The van der Waals surface area contributed by atoms with Crippen LogP contribution in [0.3, 0.4) is 0 Å². The maximum Gasteiger partial charge on any atom is 0.253 e. The van der Waals surface area contributed by atoms with Gasteiger partial charge < -0.3 is 14.6 Å². The maximum absolute atomic E-state index is 13.3. The zero-order valence-corrected chi connectivity index (χ0v) is 23.1. The van der Waals surface area contributed by atoms with Crippen LogP contribution in [0.25, 0.3) is 11.3 Å². The van der Waals surface area contributed by atoms with Crippen molar-refractivity contribution in [3.05, 3.63) is 46.6 Å². The van der Waals surface area contributed by atoms with E-state index in [1.165, 1.54) is 60.9 Å². The monoisotopic (exact) mass is 478 g/mol. The SMILES string of the molecule is Cc1c(C(=O)NC2COC2)cc(-c2cc(C(C)(C)C)cc(C(C)(C)C)c2)n1CC1CCCCCC1. The average molecular weight is 479 g/mol. The van der Waals surface area contributed by atoms with Crippen molar-refractivity contribution in [2.75, 3.05) is 13.2 Å². The van der Waals surface area contributed by atoms with E-state index < -0.39 is 0 Å². The second kappa shape index (κ2) is 10.1. The predicted molar refractivity (Wildman–Crippen MR) is 145 cm³/mol. The molecule has 2 aromatic rings. The lowest BCUT2D eigenvalue weighted by molar-refractivity contribution is -0.00347. The summed E-state index contributed by atoms with van der Waals surface area (Å²) in [6, 6.07) is 9.37. The van der Waals surface area contributed by atoms with Crippen molar-refractivity contribution in [3.8, 4) is 11.3 Å². The van der Waals surface area contributed by atoms with Crippen molar-refractivity contribution in [1.82, 2.24) is 9.88 Å². The number of hydrogen-bond acceptors (Lipinski definition) is 2. The number of carbonyl (C=O) groups is 1. The molecule has 1 aromatic carbocycles. The van der Waals surface area contributed by atoms with E-state index in [9.17, 15) is 4.79 Å². The molecule has 1 saturated carbocycles. The Hall–Kier alpha value is -2.07. The van der Waals surface area contributed by atoms with Crippen molar-refractivity contribution >= 4 is 5.91 Å². The molecule has 1 amide bonds. The van der Waals surface area contributed by atoms with E-state index in [0.29, 0.717) is 19.1 Å². The lowest BCUT2D eigenvalue weighted by Crippen LogP contribution is -2.48. The second-order valence-electron chi connectivity index (χ2n) is 13.0. The van der Waals surface area contributed by atoms with Crippen LogP contribution in [0.15, 0.2) is 24.3 Å². The lowest BCUT2D eigenvalue weighted by atomic mass is 9.79. The molecular formula is C31H46N2O2. The standard InChI is InChI=1S/C31H46N2O2/c1-21-27(29(34)32-26-19-35-20-26)17-28(33(21)18-22-12-10-8-9-11-13-22)23-14-24(30(2,3)4)16-25(15-23)31(5,6)7/h14-17,22,26H,8-13,18-20H2,1-7H3,(H,32,34). The van der Waals surface area contributed by atoms with E-state index in [1.54, 1.807) is 0 Å². The normalized spacial score (nSPS) is 18.3. The molecule has 4 nitrogen and oxygen atoms in total. The summed E-state index contributed by atoms with van der Waals surface area (Å²) in [5.74, 6) is 0.700. The van der Waals surface area contributed by atoms with Crippen LogP contribution in [0.4, 0.5) is 0 Å². The number of benzene rings is 1. The highest BCUT2D eigenvalue weighted by Gasteiger charge is 2.27. The lowest BCUT2D eigenvalue weighted by Gasteiger charge is -2.27. The molecule has 192 valence electrons. The van der Waals surface area contributed by atoms with E-state index in [4.69, 9.17) is 4.74 Å². The number of hydrogen-bond donors (Lipinski definition) is 1. The van der Waals surface area contributed by atoms with Crippen molar-refractivity contribution in [3.63, 3.8) is 0 Å². The van der Waals surface area contributed by atoms with Crippen molar-refractivity contribution in [2.24, 2.45) is 5.92 Å². The van der Waals surface area contributed by atoms with Gasteiger partial charge >= 0.3 is 0 Å². The van der Waals surface area contributed by atoms with Gasteiger partial charge in [0.05, 0.1) is 24.8 Å². The van der Waals surface area contributed by atoms with Gasteiger partial charge in [-0.3, -0.25) is 4.79 Å². The third kappa shape index (κ3) is 6.02. The van der Waals surface area contributed by atoms with Gasteiger partial charge in [-0.25, -0.2) is 0 Å². The molecule has 4 heteroatoms. The van der Waals surface area contributed by atoms with Gasteiger partial charge in [-0.1, -0.05) is 73.3 Å². The smallest absolute Gasteiger partial charge is 0.253 e. The van der Waals surface area contributed by atoms with Crippen LogP contribution < -0.4 is 5.32 Å². The van der Waals surface area contributed by atoms with Crippen molar-refractivity contribution < 1.29 is 9.53 Å². The van der Waals surface area contributed by atoms with E-state index in [-0.39, 0.29) is 22.8 Å². The molecular weight excluding hydrogens is 432 g/mol. The summed E-state index contributed by atoms with van der Waals surface area (Å²) in [6.45, 7) is 18.1. The summed E-state index contributed by atoms with van der Waals surface area (Å²) >= 11 is 0. The van der Waals surface area contributed by atoms with E-state index in [0.717, 1.165) is 17.8 Å². The van der Waals surface area contributed by atoms with Crippen molar-refractivity contribution in [1.29, 1.82) is 0 Å². The quantitative estimate of drug-likeness (QED) is 0.463. The molecule has 0 radical (unpaired) electrons. The molecule has 2 aliphatic rings. The summed E-state index contributed by atoms with van der Waals surface area (Å²) in [5, 5.41) is 3.17. The molecule has 4 rings (SSSR count). The van der Waals surface area contributed by atoms with Gasteiger partial charge in [-0.15, -0.1) is 0 Å². The molecule has 35 heavy (non-hydrogen) atoms. The van der Waals surface area contributed by atoms with Crippen LogP contribution in [0.1, 0.15) is 107 Å². The van der Waals surface area contributed by atoms with Gasteiger partial charge in [-0.2, -0.15) is 0 Å². The predicted octanol–water partition coefficient (Wildman–Crippen LogP) is 7.16. The largest absolute Gasteiger partial charge is 0.377 e. The van der Waals surface area contributed by atoms with Gasteiger partial charge in [0.1, 0.15) is 0 Å². The summed E-state index contributed by atoms with van der Waals surface area (Å²) in [7, 11) is 0. The average Bonchev–Trinajstić information content (AvgIpc) is 2.90. The number of ether oxygens (including phenoxy) is 1. The minimum Gasteiger partial charge on any atom is -0.377 e. The Morgan fingerprint density at radius 2 is 1.49 bits per heavy atom. The Bertz CT molecular complexity index is 1010. The number of carbonyl (C=O) groups excluding carboxylic acids is 1. The zero-order valence-electron chi connectivity index (χ0n) is 23.1. The molecule has 1 aliphatic carbocycles. The highest BCUT2D eigenvalue weighted by molar-refractivity contribution is 5.97. The summed E-state index contributed by atoms with van der Waals surface area (Å²) in [6.07, 6.45) is 7.92. The van der Waals surface area contributed by atoms with Gasteiger partial charge in [-0.05, 0) is 71.4 Å². The number of aromatic nitrogens is 1. The molecule has 0 bridgehead atoms. The Labute approximate surface area is 212 Å². The number of rotatable bonds is 5. The number of nitrogens with one attached hydrogen (secondary N) is 1. The Balaban J connectivity index is 1.81. The first kappa shape index (κ1) is 26.0. The number of nitrogens with zero attached hydrogens (tertiary/aromatic N) is 1. The van der Waals surface area contributed by atoms with E-state index in [1.807, 2.05) is 0 Å². The Morgan fingerprint density at radius 1 is 0.914 bits per heavy atom. The third-order valence-corrected chi connectivity index (χ3v) is 7.96. The molecule has 0 atom stereocenters. The van der Waals surface area contributed by atoms with Crippen LogP contribution in [0.2, 0.25) is 0 Å². The first-order valence-corrected chi connectivity index (χ1v) is 13.7. The van der Waals surface area contributed by atoms with Crippen LogP contribution in [0.5, 0.6) is 0 Å². The molecule has 2 fully saturated rings. The van der Waals surface area contributed by atoms with Crippen LogP contribution in [-0.2, 0) is 22.1 Å². The van der Waals surface area contributed by atoms with Gasteiger partial charge in [0.25, 0.3) is 5.91 Å². The Morgan fingerprint density at radius 3 is 1.97 bits per heavy atom. The van der Waals surface area contributed by atoms with E-state index in [2.05, 4.69) is 82.6 Å². The van der Waals surface area contributed by atoms with Gasteiger partial charge in [0.2, 0.25) is 0 Å². The summed E-state index contributed by atoms with van der Waals surface area (Å²) in [5.41, 5.74) is 7.08. The fraction of sp³-hybridized carbons (Fsp3) is 0.645. The number of amides is 1. The molecule has 1 aromatic heterocycles. The molecule has 2 heterocycles. The molecule has 1 N–H and O–H groups in total. The minimum atomic E-state index is 0.0275. The third-order valence-electron chi connectivity index (χ3n) is 7.96. The summed E-state index contributed by atoms with van der Waals surface area (Å²) < 4.78 is 7.74. The topological polar surface area (TPSA) is 43.3 Å². The van der Waals surface area contributed by atoms with Gasteiger partial charge in [0, 0.05) is 17.9 Å². The second-order valence-corrected chi connectivity index (χ2v) is 13.0. The maximum atomic E-state index is 13.3. The first-order chi connectivity index (χ1) is 16.4. The highest BCUT2D eigenvalue weighted by atomic mass is 16.5. The Kier molecular flexibility index (Phi) is 7.52. The first-order valence-electron chi connectivity index (χ1n) is 13.7. The summed E-state index contributed by atoms with van der Waals surface area (Å²) in [4.78, 5) is 13.3. The van der Waals surface area contributed by atoms with Crippen molar-refractivity contribution in [2.45, 2.75) is 110 Å². The van der Waals surface area contributed by atoms with Gasteiger partial charge in [0.15, 0.2) is 0 Å². The minimum absolute atomic E-state index is 0.0275.